The van der Waals surface area contributed by atoms with Gasteiger partial charge in [-0.25, -0.2) is 8.42 Å². The van der Waals surface area contributed by atoms with E-state index in [-0.39, 0.29) is 11.8 Å². The van der Waals surface area contributed by atoms with Crippen LogP contribution in [0.4, 0.5) is 0 Å². The molecule has 5 heteroatoms. The van der Waals surface area contributed by atoms with Gasteiger partial charge in [0.15, 0.2) is 0 Å². The Balaban J connectivity index is 2.73. The van der Waals surface area contributed by atoms with Gasteiger partial charge in [0.25, 0.3) is 0 Å². The van der Waals surface area contributed by atoms with Crippen LogP contribution in [0.25, 0.3) is 0 Å². The molecule has 18 heavy (non-hydrogen) atoms. The average Bonchev–Trinajstić information content (AvgIpc) is 2.33. The second-order valence-corrected chi connectivity index (χ2v) is 6.85. The van der Waals surface area contributed by atoms with Crippen molar-refractivity contribution in [2.75, 3.05) is 39.2 Å². The Labute approximate surface area is 110 Å². The number of hydrogen-bond acceptors (Lipinski definition) is 4. The molecule has 1 aromatic rings. The van der Waals surface area contributed by atoms with Gasteiger partial charge in [-0.15, -0.1) is 0 Å². The summed E-state index contributed by atoms with van der Waals surface area (Å²) in [4.78, 5) is 2.08. The average molecular weight is 270 g/mol. The van der Waals surface area contributed by atoms with Crippen molar-refractivity contribution < 1.29 is 8.42 Å². The van der Waals surface area contributed by atoms with Crippen molar-refractivity contribution in [1.29, 1.82) is 0 Å². The highest BCUT2D eigenvalue weighted by Gasteiger charge is 2.17. The van der Waals surface area contributed by atoms with Crippen LogP contribution in [0.1, 0.15) is 11.6 Å². The second kappa shape index (κ2) is 6.87. The molecule has 1 aromatic carbocycles. The molecule has 0 bridgehead atoms. The van der Waals surface area contributed by atoms with Crippen molar-refractivity contribution in [3.63, 3.8) is 0 Å². The fraction of sp³-hybridized carbons (Fsp3) is 0.538. The first-order chi connectivity index (χ1) is 8.44. The first-order valence-electron chi connectivity index (χ1n) is 6.01. The van der Waals surface area contributed by atoms with Crippen molar-refractivity contribution in [3.05, 3.63) is 35.9 Å². The summed E-state index contributed by atoms with van der Waals surface area (Å²) in [6, 6.07) is 10.3. The lowest BCUT2D eigenvalue weighted by molar-refractivity contribution is 0.254. The van der Waals surface area contributed by atoms with E-state index in [1.165, 1.54) is 11.8 Å². The number of nitrogens with one attached hydrogen (secondary N) is 1. The Hall–Kier alpha value is -0.910. The highest BCUT2D eigenvalue weighted by molar-refractivity contribution is 7.90. The van der Waals surface area contributed by atoms with E-state index in [4.69, 9.17) is 0 Å². The molecule has 0 fully saturated rings. The van der Waals surface area contributed by atoms with Crippen LogP contribution < -0.4 is 5.32 Å². The third-order valence-electron chi connectivity index (χ3n) is 2.93. The summed E-state index contributed by atoms with van der Waals surface area (Å²) in [5.41, 5.74) is 1.20. The number of rotatable bonds is 7. The summed E-state index contributed by atoms with van der Waals surface area (Å²) < 4.78 is 22.4. The molecule has 0 saturated carbocycles. The molecule has 0 aliphatic carbocycles. The predicted octanol–water partition coefficient (Wildman–Crippen LogP) is 0.923. The highest BCUT2D eigenvalue weighted by Crippen LogP contribution is 2.18. The van der Waals surface area contributed by atoms with Crippen LogP contribution >= 0.6 is 0 Å². The fourth-order valence-corrected chi connectivity index (χ4v) is 2.48. The summed E-state index contributed by atoms with van der Waals surface area (Å²) in [6.45, 7) is 1.34. The summed E-state index contributed by atoms with van der Waals surface area (Å²) in [7, 11) is 0.950. The standard InChI is InChI=1S/C13H22N2O2S/c1-14-11-13(12-7-5-4-6-8-12)15(2)9-10-18(3,16)17/h4-8,13-14H,9-11H2,1-3H3. The summed E-state index contributed by atoms with van der Waals surface area (Å²) >= 11 is 0. The third-order valence-corrected chi connectivity index (χ3v) is 3.85. The maximum atomic E-state index is 11.2. The predicted molar refractivity (Wildman–Crippen MR) is 75.5 cm³/mol. The first kappa shape index (κ1) is 15.1. The lowest BCUT2D eigenvalue weighted by Crippen LogP contribution is -2.35. The van der Waals surface area contributed by atoms with Crippen molar-refractivity contribution in [1.82, 2.24) is 10.2 Å². The van der Waals surface area contributed by atoms with Gasteiger partial charge in [-0.05, 0) is 19.7 Å². The van der Waals surface area contributed by atoms with E-state index in [2.05, 4.69) is 22.3 Å². The minimum Gasteiger partial charge on any atom is -0.318 e. The number of sulfone groups is 1. The van der Waals surface area contributed by atoms with Crippen molar-refractivity contribution in [3.8, 4) is 0 Å². The zero-order chi connectivity index (χ0) is 13.6. The van der Waals surface area contributed by atoms with Crippen LogP contribution in [0, 0.1) is 0 Å². The van der Waals surface area contributed by atoms with E-state index >= 15 is 0 Å². The van der Waals surface area contributed by atoms with Gasteiger partial charge >= 0.3 is 0 Å². The van der Waals surface area contributed by atoms with Gasteiger partial charge in [0.2, 0.25) is 0 Å². The largest absolute Gasteiger partial charge is 0.318 e. The van der Waals surface area contributed by atoms with Crippen LogP contribution in [0.15, 0.2) is 30.3 Å². The number of likely N-dealkylation sites (N-methyl/N-ethyl adjacent to an activating group) is 2. The molecule has 0 aliphatic heterocycles. The van der Waals surface area contributed by atoms with E-state index in [1.54, 1.807) is 0 Å². The Morgan fingerprint density at radius 2 is 1.89 bits per heavy atom. The molecular formula is C13H22N2O2S. The van der Waals surface area contributed by atoms with Crippen molar-refractivity contribution in [2.24, 2.45) is 0 Å². The molecule has 0 aromatic heterocycles. The third kappa shape index (κ3) is 5.16. The number of hydrogen-bond donors (Lipinski definition) is 1. The SMILES string of the molecule is CNCC(c1ccccc1)N(C)CCS(C)(=O)=O. The maximum Gasteiger partial charge on any atom is 0.148 e. The van der Waals surface area contributed by atoms with Gasteiger partial charge in [-0.3, -0.25) is 4.90 Å². The summed E-state index contributed by atoms with van der Waals surface area (Å²) in [5, 5.41) is 3.15. The Morgan fingerprint density at radius 1 is 1.28 bits per heavy atom. The van der Waals surface area contributed by atoms with E-state index in [9.17, 15) is 8.42 Å². The first-order valence-corrected chi connectivity index (χ1v) is 8.07. The molecular weight excluding hydrogens is 248 g/mol. The Bertz CT molecular complexity index is 445. The molecule has 0 aliphatic rings. The van der Waals surface area contributed by atoms with E-state index in [0.29, 0.717) is 6.54 Å². The van der Waals surface area contributed by atoms with Crippen molar-refractivity contribution >= 4 is 9.84 Å². The second-order valence-electron chi connectivity index (χ2n) is 4.59. The van der Waals surface area contributed by atoms with E-state index < -0.39 is 9.84 Å². The topological polar surface area (TPSA) is 49.4 Å². The fourth-order valence-electron chi connectivity index (χ4n) is 1.86. The van der Waals surface area contributed by atoms with Gasteiger partial charge < -0.3 is 5.32 Å². The number of benzene rings is 1. The summed E-state index contributed by atoms with van der Waals surface area (Å²) in [5.74, 6) is 0.191. The minimum atomic E-state index is -2.91. The van der Waals surface area contributed by atoms with Gasteiger partial charge in [-0.1, -0.05) is 30.3 Å². The van der Waals surface area contributed by atoms with Crippen molar-refractivity contribution in [2.45, 2.75) is 6.04 Å². The molecule has 0 heterocycles. The van der Waals surface area contributed by atoms with Crippen LogP contribution in [-0.2, 0) is 9.84 Å². The van der Waals surface area contributed by atoms with Crippen LogP contribution in [0.5, 0.6) is 0 Å². The van der Waals surface area contributed by atoms with Crippen LogP contribution in [0.3, 0.4) is 0 Å². The Morgan fingerprint density at radius 3 is 2.39 bits per heavy atom. The molecule has 0 spiro atoms. The van der Waals surface area contributed by atoms with Crippen LogP contribution in [0.2, 0.25) is 0 Å². The molecule has 1 unspecified atom stereocenters. The Kier molecular flexibility index (Phi) is 5.78. The van der Waals surface area contributed by atoms with Crippen LogP contribution in [-0.4, -0.2) is 52.5 Å². The minimum absolute atomic E-state index is 0.191. The maximum absolute atomic E-state index is 11.2. The molecule has 0 saturated heterocycles. The molecule has 0 amide bonds. The smallest absolute Gasteiger partial charge is 0.148 e. The van der Waals surface area contributed by atoms with Gasteiger partial charge in [0.05, 0.1) is 5.75 Å². The molecule has 1 N–H and O–H groups in total. The molecule has 4 nitrogen and oxygen atoms in total. The summed E-state index contributed by atoms with van der Waals surface area (Å²) in [6.07, 6.45) is 1.27. The van der Waals surface area contributed by atoms with Gasteiger partial charge in [0, 0.05) is 25.4 Å². The molecule has 102 valence electrons. The molecule has 0 radical (unpaired) electrons. The monoisotopic (exact) mass is 270 g/mol. The van der Waals surface area contributed by atoms with E-state index in [1.807, 2.05) is 32.3 Å². The lowest BCUT2D eigenvalue weighted by Gasteiger charge is -2.28. The zero-order valence-corrected chi connectivity index (χ0v) is 12.1. The molecule has 1 atom stereocenters. The van der Waals surface area contributed by atoms with Gasteiger partial charge in [0.1, 0.15) is 9.84 Å². The normalized spacial score (nSPS) is 13.8. The van der Waals surface area contributed by atoms with Gasteiger partial charge in [-0.2, -0.15) is 0 Å². The molecule has 1 rings (SSSR count). The van der Waals surface area contributed by atoms with E-state index in [0.717, 1.165) is 6.54 Å². The quantitative estimate of drug-likeness (QED) is 0.800. The lowest BCUT2D eigenvalue weighted by atomic mass is 10.1. The highest BCUT2D eigenvalue weighted by atomic mass is 32.2. The zero-order valence-electron chi connectivity index (χ0n) is 11.3. The number of nitrogens with zero attached hydrogens (tertiary/aromatic N) is 1.